The summed E-state index contributed by atoms with van der Waals surface area (Å²) in [6.07, 6.45) is -0.484. The van der Waals surface area contributed by atoms with Crippen LogP contribution in [0.2, 0.25) is 0 Å². The summed E-state index contributed by atoms with van der Waals surface area (Å²) in [5.74, 6) is 0.168. The maximum atomic E-state index is 11.7. The van der Waals surface area contributed by atoms with E-state index in [1.807, 2.05) is 33.8 Å². The van der Waals surface area contributed by atoms with Crippen LogP contribution in [0.15, 0.2) is 24.3 Å². The van der Waals surface area contributed by atoms with Gasteiger partial charge in [-0.15, -0.1) is 0 Å². The summed E-state index contributed by atoms with van der Waals surface area (Å²) in [5.41, 5.74) is 0.268. The number of nitrogens with one attached hydrogen (secondary N) is 1. The van der Waals surface area contributed by atoms with E-state index in [1.165, 1.54) is 0 Å². The molecule has 1 amide bonds. The standard InChI is InChI=1S/C13H18INO3/c1-12(2,3)18-11(17)15-13(4,14)9-6-5-7-10(16)8-9/h5-8,16H,1-4H3,(H,15,17)/t13-/m0/s1. The highest BCUT2D eigenvalue weighted by Gasteiger charge is 2.28. The predicted molar refractivity (Wildman–Crippen MR) is 78.8 cm³/mol. The van der Waals surface area contributed by atoms with Crippen molar-refractivity contribution in [1.29, 1.82) is 0 Å². The molecule has 2 N–H and O–H groups in total. The number of amides is 1. The SMILES string of the molecule is CC(C)(C)OC(=O)N[C@](C)(I)c1cccc(O)c1. The fraction of sp³-hybridized carbons (Fsp3) is 0.462. The summed E-state index contributed by atoms with van der Waals surface area (Å²) in [6.45, 7) is 7.27. The van der Waals surface area contributed by atoms with Gasteiger partial charge in [0.05, 0.1) is 0 Å². The van der Waals surface area contributed by atoms with E-state index in [4.69, 9.17) is 4.74 Å². The van der Waals surface area contributed by atoms with Crippen LogP contribution in [0.3, 0.4) is 0 Å². The molecule has 0 heterocycles. The molecule has 0 saturated heterocycles. The lowest BCUT2D eigenvalue weighted by Gasteiger charge is -2.27. The first-order valence-electron chi connectivity index (χ1n) is 5.60. The summed E-state index contributed by atoms with van der Waals surface area (Å²) in [5, 5.41) is 12.2. The second-order valence-corrected chi connectivity index (χ2v) is 7.34. The highest BCUT2D eigenvalue weighted by molar-refractivity contribution is 14.1. The molecule has 0 aliphatic carbocycles. The number of carbonyl (C=O) groups excluding carboxylic acids is 1. The molecule has 0 unspecified atom stereocenters. The molecule has 0 aliphatic rings. The van der Waals surface area contributed by atoms with E-state index in [0.717, 1.165) is 5.56 Å². The Labute approximate surface area is 121 Å². The first kappa shape index (κ1) is 15.1. The minimum atomic E-state index is -0.640. The second kappa shape index (κ2) is 5.34. The molecule has 4 nitrogen and oxygen atoms in total. The molecule has 1 aromatic rings. The van der Waals surface area contributed by atoms with Crippen molar-refractivity contribution < 1.29 is 14.6 Å². The topological polar surface area (TPSA) is 58.6 Å². The lowest BCUT2D eigenvalue weighted by atomic mass is 10.1. The van der Waals surface area contributed by atoms with Crippen molar-refractivity contribution in [3.8, 4) is 5.75 Å². The molecular formula is C13H18INO3. The van der Waals surface area contributed by atoms with Gasteiger partial charge in [0.1, 0.15) is 14.9 Å². The van der Waals surface area contributed by atoms with E-state index < -0.39 is 15.2 Å². The number of rotatable bonds is 2. The third kappa shape index (κ3) is 4.72. The van der Waals surface area contributed by atoms with E-state index in [-0.39, 0.29) is 5.75 Å². The van der Waals surface area contributed by atoms with Crippen molar-refractivity contribution in [1.82, 2.24) is 5.32 Å². The van der Waals surface area contributed by atoms with Crippen LogP contribution in [0, 0.1) is 0 Å². The monoisotopic (exact) mass is 363 g/mol. The zero-order chi connectivity index (χ0) is 14.0. The predicted octanol–water partition coefficient (Wildman–Crippen LogP) is 3.52. The Morgan fingerprint density at radius 2 is 1.94 bits per heavy atom. The number of ether oxygens (including phenoxy) is 1. The van der Waals surface area contributed by atoms with Gasteiger partial charge in [0, 0.05) is 0 Å². The molecule has 0 aliphatic heterocycles. The summed E-state index contributed by atoms with van der Waals surface area (Å²) in [4.78, 5) is 11.7. The Morgan fingerprint density at radius 3 is 2.44 bits per heavy atom. The number of benzene rings is 1. The lowest BCUT2D eigenvalue weighted by molar-refractivity contribution is 0.0502. The van der Waals surface area contributed by atoms with Crippen LogP contribution in [-0.2, 0) is 8.28 Å². The normalized spacial score (nSPS) is 14.7. The smallest absolute Gasteiger partial charge is 0.408 e. The molecule has 5 heteroatoms. The zero-order valence-electron chi connectivity index (χ0n) is 11.0. The average molecular weight is 363 g/mol. The number of alkyl halides is 1. The molecule has 0 aromatic heterocycles. The Hall–Kier alpha value is -0.980. The Kier molecular flexibility index (Phi) is 4.47. The number of alkyl carbamates (subject to hydrolysis) is 1. The van der Waals surface area contributed by atoms with Crippen LogP contribution in [0.1, 0.15) is 33.3 Å². The summed E-state index contributed by atoms with van der Waals surface area (Å²) in [7, 11) is 0. The third-order valence-corrected chi connectivity index (χ3v) is 3.02. The van der Waals surface area contributed by atoms with Gasteiger partial charge < -0.3 is 15.2 Å². The number of phenolic OH excluding ortho intramolecular Hbond substituents is 1. The molecule has 1 rings (SSSR count). The number of hydrogen-bond acceptors (Lipinski definition) is 3. The van der Waals surface area contributed by atoms with Crippen molar-refractivity contribution in [2.75, 3.05) is 0 Å². The minimum Gasteiger partial charge on any atom is -0.508 e. The van der Waals surface area contributed by atoms with Crippen molar-refractivity contribution >= 4 is 28.7 Å². The van der Waals surface area contributed by atoms with Gasteiger partial charge in [0.2, 0.25) is 0 Å². The van der Waals surface area contributed by atoms with Gasteiger partial charge in [-0.2, -0.15) is 0 Å². The molecule has 1 atom stereocenters. The van der Waals surface area contributed by atoms with E-state index >= 15 is 0 Å². The van der Waals surface area contributed by atoms with Gasteiger partial charge in [-0.05, 0) is 68.0 Å². The highest BCUT2D eigenvalue weighted by Crippen LogP contribution is 2.30. The maximum Gasteiger partial charge on any atom is 0.408 e. The van der Waals surface area contributed by atoms with E-state index in [1.54, 1.807) is 18.2 Å². The molecule has 0 saturated carbocycles. The van der Waals surface area contributed by atoms with Gasteiger partial charge in [0.25, 0.3) is 0 Å². The third-order valence-electron chi connectivity index (χ3n) is 2.12. The molecule has 0 spiro atoms. The van der Waals surface area contributed by atoms with Crippen LogP contribution in [0.25, 0.3) is 0 Å². The quantitative estimate of drug-likeness (QED) is 0.480. The van der Waals surface area contributed by atoms with E-state index in [9.17, 15) is 9.90 Å². The minimum absolute atomic E-state index is 0.168. The number of aromatic hydroxyl groups is 1. The summed E-state index contributed by atoms with van der Waals surface area (Å²) >= 11 is 2.10. The molecule has 18 heavy (non-hydrogen) atoms. The van der Waals surface area contributed by atoms with Crippen molar-refractivity contribution in [3.05, 3.63) is 29.8 Å². The first-order valence-corrected chi connectivity index (χ1v) is 6.68. The van der Waals surface area contributed by atoms with Crippen LogP contribution in [-0.4, -0.2) is 16.8 Å². The molecule has 0 bridgehead atoms. The van der Waals surface area contributed by atoms with Crippen LogP contribution >= 0.6 is 22.6 Å². The van der Waals surface area contributed by atoms with Gasteiger partial charge in [0.15, 0.2) is 0 Å². The van der Waals surface area contributed by atoms with Gasteiger partial charge in [-0.1, -0.05) is 12.1 Å². The molecule has 1 aromatic carbocycles. The molecule has 0 fully saturated rings. The second-order valence-electron chi connectivity index (χ2n) is 5.18. The molecule has 100 valence electrons. The van der Waals surface area contributed by atoms with Gasteiger partial charge >= 0.3 is 6.09 Å². The fourth-order valence-electron chi connectivity index (χ4n) is 1.37. The largest absolute Gasteiger partial charge is 0.508 e. The Bertz CT molecular complexity index is 438. The lowest BCUT2D eigenvalue weighted by Crippen LogP contribution is -2.41. The van der Waals surface area contributed by atoms with E-state index in [2.05, 4.69) is 27.9 Å². The van der Waals surface area contributed by atoms with Crippen LogP contribution in [0.4, 0.5) is 4.79 Å². The number of phenols is 1. The summed E-state index contributed by atoms with van der Waals surface area (Å²) in [6, 6.07) is 6.77. The number of carbonyl (C=O) groups is 1. The van der Waals surface area contributed by atoms with E-state index in [0.29, 0.717) is 0 Å². The number of hydrogen-bond donors (Lipinski definition) is 2. The zero-order valence-corrected chi connectivity index (χ0v) is 13.1. The Balaban J connectivity index is 2.79. The average Bonchev–Trinajstić information content (AvgIpc) is 2.13. The fourth-order valence-corrected chi connectivity index (χ4v) is 1.92. The number of halogens is 1. The Morgan fingerprint density at radius 1 is 1.33 bits per heavy atom. The van der Waals surface area contributed by atoms with Crippen molar-refractivity contribution in [2.24, 2.45) is 0 Å². The van der Waals surface area contributed by atoms with Gasteiger partial charge in [-0.3, -0.25) is 0 Å². The van der Waals surface area contributed by atoms with Crippen LogP contribution in [0.5, 0.6) is 5.75 Å². The first-order chi connectivity index (χ1) is 8.10. The van der Waals surface area contributed by atoms with Crippen LogP contribution < -0.4 is 5.32 Å². The highest BCUT2D eigenvalue weighted by atomic mass is 127. The van der Waals surface area contributed by atoms with Crippen molar-refractivity contribution in [2.45, 2.75) is 36.8 Å². The van der Waals surface area contributed by atoms with Gasteiger partial charge in [-0.25, -0.2) is 4.79 Å². The maximum absolute atomic E-state index is 11.7. The summed E-state index contributed by atoms with van der Waals surface area (Å²) < 4.78 is 4.57. The van der Waals surface area contributed by atoms with Crippen molar-refractivity contribution in [3.63, 3.8) is 0 Å². The molecule has 0 radical (unpaired) electrons. The molecular weight excluding hydrogens is 345 g/mol.